The van der Waals surface area contributed by atoms with E-state index in [2.05, 4.69) is 34.8 Å². The number of pyridine rings is 1. The lowest BCUT2D eigenvalue weighted by atomic mass is 9.94. The van der Waals surface area contributed by atoms with E-state index in [0.29, 0.717) is 29.6 Å². The highest BCUT2D eigenvalue weighted by molar-refractivity contribution is 7.81. The second-order valence-corrected chi connectivity index (χ2v) is 7.56. The topological polar surface area (TPSA) is 66.0 Å². The Morgan fingerprint density at radius 2 is 1.96 bits per heavy atom. The number of rotatable bonds is 7. The SMILES string of the molecule is CC(C)Nc1cc(CNC2=C(C(=S)Nc3ccccc3)C(=O)CCC2)ccn1. The normalized spacial score (nSPS) is 14.2. The third-order valence-electron chi connectivity index (χ3n) is 4.44. The Balaban J connectivity index is 1.74. The predicted octanol–water partition coefficient (Wildman–Crippen LogP) is 4.44. The second-order valence-electron chi connectivity index (χ2n) is 7.15. The van der Waals surface area contributed by atoms with Crippen LogP contribution in [0.1, 0.15) is 38.7 Å². The van der Waals surface area contributed by atoms with Gasteiger partial charge in [-0.3, -0.25) is 4.79 Å². The number of nitrogens with zero attached hydrogens (tertiary/aromatic N) is 1. The van der Waals surface area contributed by atoms with Crippen molar-refractivity contribution in [3.8, 4) is 0 Å². The standard InChI is InChI=1S/C22H26N4OS/c1-15(2)25-20-13-16(11-12-23-20)14-24-18-9-6-10-19(27)21(18)22(28)26-17-7-4-3-5-8-17/h3-5,7-8,11-13,15,24H,6,9-10,14H2,1-2H3,(H,23,25)(H,26,28). The molecule has 28 heavy (non-hydrogen) atoms. The Labute approximate surface area is 171 Å². The maximum Gasteiger partial charge on any atom is 0.167 e. The number of aromatic nitrogens is 1. The Kier molecular flexibility index (Phi) is 6.76. The first-order valence-electron chi connectivity index (χ1n) is 9.61. The molecule has 1 aliphatic carbocycles. The molecule has 1 heterocycles. The van der Waals surface area contributed by atoms with Crippen LogP contribution < -0.4 is 16.0 Å². The summed E-state index contributed by atoms with van der Waals surface area (Å²) >= 11 is 5.56. The Morgan fingerprint density at radius 3 is 2.71 bits per heavy atom. The molecule has 6 heteroatoms. The second kappa shape index (κ2) is 9.46. The molecule has 1 aliphatic rings. The van der Waals surface area contributed by atoms with Crippen molar-refractivity contribution in [2.75, 3.05) is 10.6 Å². The molecule has 0 aliphatic heterocycles. The number of hydrogen-bond acceptors (Lipinski definition) is 5. The number of para-hydroxylation sites is 1. The van der Waals surface area contributed by atoms with Crippen molar-refractivity contribution in [2.45, 2.75) is 45.7 Å². The maximum absolute atomic E-state index is 12.6. The van der Waals surface area contributed by atoms with E-state index in [1.807, 2.05) is 42.5 Å². The lowest BCUT2D eigenvalue weighted by Gasteiger charge is -2.22. The summed E-state index contributed by atoms with van der Waals surface area (Å²) in [4.78, 5) is 17.4. The van der Waals surface area contributed by atoms with Crippen molar-refractivity contribution in [3.05, 3.63) is 65.5 Å². The number of allylic oxidation sites excluding steroid dienone is 1. The van der Waals surface area contributed by atoms with Gasteiger partial charge in [0.15, 0.2) is 5.78 Å². The van der Waals surface area contributed by atoms with Crippen LogP contribution in [-0.4, -0.2) is 21.8 Å². The van der Waals surface area contributed by atoms with Crippen molar-refractivity contribution in [3.63, 3.8) is 0 Å². The molecule has 0 amide bonds. The van der Waals surface area contributed by atoms with Crippen LogP contribution >= 0.6 is 12.2 Å². The summed E-state index contributed by atoms with van der Waals surface area (Å²) < 4.78 is 0. The number of hydrogen-bond donors (Lipinski definition) is 3. The van der Waals surface area contributed by atoms with Gasteiger partial charge in [0.1, 0.15) is 10.8 Å². The van der Waals surface area contributed by atoms with Crippen LogP contribution in [0.2, 0.25) is 0 Å². The predicted molar refractivity (Wildman–Crippen MR) is 118 cm³/mol. The van der Waals surface area contributed by atoms with Crippen LogP contribution in [0.15, 0.2) is 59.9 Å². The van der Waals surface area contributed by atoms with Crippen LogP contribution in [0.4, 0.5) is 11.5 Å². The fraction of sp³-hybridized carbons (Fsp3) is 0.318. The van der Waals surface area contributed by atoms with Crippen LogP contribution in [-0.2, 0) is 11.3 Å². The van der Waals surface area contributed by atoms with Gasteiger partial charge in [-0.05, 0) is 56.5 Å². The largest absolute Gasteiger partial charge is 0.384 e. The van der Waals surface area contributed by atoms with E-state index >= 15 is 0 Å². The third kappa shape index (κ3) is 5.39. The van der Waals surface area contributed by atoms with Gasteiger partial charge in [0.05, 0.1) is 5.57 Å². The maximum atomic E-state index is 12.6. The monoisotopic (exact) mass is 394 g/mol. The minimum atomic E-state index is 0.0964. The van der Waals surface area contributed by atoms with E-state index in [-0.39, 0.29) is 5.78 Å². The molecule has 0 saturated carbocycles. The Bertz CT molecular complexity index is 877. The number of Topliss-reactive ketones (excluding diaryl/α,β-unsaturated/α-hetero) is 1. The van der Waals surface area contributed by atoms with Crippen molar-refractivity contribution >= 4 is 34.5 Å². The fourth-order valence-electron chi connectivity index (χ4n) is 3.17. The molecule has 146 valence electrons. The zero-order valence-electron chi connectivity index (χ0n) is 16.3. The number of thiocarbonyl (C=S) groups is 1. The van der Waals surface area contributed by atoms with Crippen molar-refractivity contribution in [2.24, 2.45) is 0 Å². The highest BCUT2D eigenvalue weighted by Gasteiger charge is 2.24. The number of benzene rings is 1. The average Bonchev–Trinajstić information content (AvgIpc) is 2.67. The first kappa shape index (κ1) is 20.0. The number of nitrogens with one attached hydrogen (secondary N) is 3. The molecule has 0 fully saturated rings. The molecule has 0 bridgehead atoms. The van der Waals surface area contributed by atoms with Gasteiger partial charge in [0.2, 0.25) is 0 Å². The van der Waals surface area contributed by atoms with Gasteiger partial charge in [0.25, 0.3) is 0 Å². The number of anilines is 2. The van der Waals surface area contributed by atoms with Crippen molar-refractivity contribution in [1.29, 1.82) is 0 Å². The molecule has 0 atom stereocenters. The van der Waals surface area contributed by atoms with Gasteiger partial charge in [-0.25, -0.2) is 4.98 Å². The summed E-state index contributed by atoms with van der Waals surface area (Å²) in [6.07, 6.45) is 3.99. The summed E-state index contributed by atoms with van der Waals surface area (Å²) in [6, 6.07) is 14.0. The molecule has 3 N–H and O–H groups in total. The summed E-state index contributed by atoms with van der Waals surface area (Å²) in [5.41, 5.74) is 3.51. The quantitative estimate of drug-likeness (QED) is 0.604. The van der Waals surface area contributed by atoms with Crippen LogP contribution in [0.3, 0.4) is 0 Å². The third-order valence-corrected chi connectivity index (χ3v) is 4.74. The number of ketones is 1. The smallest absolute Gasteiger partial charge is 0.167 e. The van der Waals surface area contributed by atoms with Crippen LogP contribution in [0.25, 0.3) is 0 Å². The highest BCUT2D eigenvalue weighted by Crippen LogP contribution is 2.23. The Hall–Kier alpha value is -2.73. The molecule has 0 radical (unpaired) electrons. The van der Waals surface area contributed by atoms with Gasteiger partial charge in [-0.2, -0.15) is 0 Å². The summed E-state index contributed by atoms with van der Waals surface area (Å²) in [6.45, 7) is 4.78. The summed E-state index contributed by atoms with van der Waals surface area (Å²) in [5, 5.41) is 9.94. The van der Waals surface area contributed by atoms with E-state index in [1.54, 1.807) is 6.20 Å². The van der Waals surface area contributed by atoms with Gasteiger partial charge < -0.3 is 16.0 Å². The first-order valence-corrected chi connectivity index (χ1v) is 10.0. The number of carbonyl (C=O) groups is 1. The molecule has 0 saturated heterocycles. The first-order chi connectivity index (χ1) is 13.5. The van der Waals surface area contributed by atoms with E-state index in [4.69, 9.17) is 12.2 Å². The zero-order valence-corrected chi connectivity index (χ0v) is 17.1. The van der Waals surface area contributed by atoms with E-state index in [9.17, 15) is 4.79 Å². The minimum Gasteiger partial charge on any atom is -0.384 e. The van der Waals surface area contributed by atoms with Gasteiger partial charge in [0, 0.05) is 36.6 Å². The van der Waals surface area contributed by atoms with Crippen LogP contribution in [0, 0.1) is 0 Å². The summed E-state index contributed by atoms with van der Waals surface area (Å²) in [7, 11) is 0. The molecule has 3 rings (SSSR count). The molecular weight excluding hydrogens is 368 g/mol. The minimum absolute atomic E-state index is 0.0964. The van der Waals surface area contributed by atoms with Crippen molar-refractivity contribution in [1.82, 2.24) is 10.3 Å². The van der Waals surface area contributed by atoms with Crippen molar-refractivity contribution < 1.29 is 4.79 Å². The number of carbonyl (C=O) groups excluding carboxylic acids is 1. The highest BCUT2D eigenvalue weighted by atomic mass is 32.1. The molecule has 0 unspecified atom stereocenters. The van der Waals surface area contributed by atoms with Gasteiger partial charge >= 0.3 is 0 Å². The van der Waals surface area contributed by atoms with E-state index in [1.165, 1.54) is 0 Å². The molecule has 0 spiro atoms. The molecule has 1 aromatic carbocycles. The lowest BCUT2D eigenvalue weighted by molar-refractivity contribution is -0.115. The fourth-order valence-corrected chi connectivity index (χ4v) is 3.52. The van der Waals surface area contributed by atoms with Crippen LogP contribution in [0.5, 0.6) is 0 Å². The van der Waals surface area contributed by atoms with Gasteiger partial charge in [-0.1, -0.05) is 30.4 Å². The molecule has 2 aromatic rings. The average molecular weight is 395 g/mol. The molecular formula is C22H26N4OS. The molecule has 5 nitrogen and oxygen atoms in total. The zero-order chi connectivity index (χ0) is 19.9. The Morgan fingerprint density at radius 1 is 1.18 bits per heavy atom. The van der Waals surface area contributed by atoms with E-state index in [0.717, 1.165) is 35.6 Å². The van der Waals surface area contributed by atoms with Gasteiger partial charge in [-0.15, -0.1) is 0 Å². The molecule has 1 aromatic heterocycles. The summed E-state index contributed by atoms with van der Waals surface area (Å²) in [5.74, 6) is 0.948. The lowest BCUT2D eigenvalue weighted by Crippen LogP contribution is -2.28. The van der Waals surface area contributed by atoms with E-state index < -0.39 is 0 Å².